The zero-order valence-electron chi connectivity index (χ0n) is 20.9. The summed E-state index contributed by atoms with van der Waals surface area (Å²) < 4.78 is 39.8. The van der Waals surface area contributed by atoms with Crippen LogP contribution >= 0.6 is 0 Å². The van der Waals surface area contributed by atoms with Crippen LogP contribution < -0.4 is 10.6 Å². The van der Waals surface area contributed by atoms with Crippen molar-refractivity contribution in [2.24, 2.45) is 9.98 Å². The summed E-state index contributed by atoms with van der Waals surface area (Å²) in [6.45, 7) is 13.5. The fourth-order valence-corrected chi connectivity index (χ4v) is 4.81. The Kier molecular flexibility index (Phi) is 7.49. The van der Waals surface area contributed by atoms with Gasteiger partial charge in [-0.05, 0) is 75.7 Å². The molecule has 1 aliphatic carbocycles. The second-order valence-electron chi connectivity index (χ2n) is 9.64. The molecule has 0 atom stereocenters. The van der Waals surface area contributed by atoms with Crippen molar-refractivity contribution < 1.29 is 13.2 Å². The first-order valence-corrected chi connectivity index (χ1v) is 12.2. The monoisotopic (exact) mass is 498 g/mol. The van der Waals surface area contributed by atoms with E-state index in [1.165, 1.54) is 0 Å². The number of rotatable bonds is 7. The molecule has 6 nitrogen and oxygen atoms in total. The number of halogens is 3. The predicted molar refractivity (Wildman–Crippen MR) is 139 cm³/mol. The van der Waals surface area contributed by atoms with Gasteiger partial charge in [0.05, 0.1) is 18.4 Å². The molecule has 1 N–H and O–H groups in total. The van der Waals surface area contributed by atoms with Crippen molar-refractivity contribution in [3.05, 3.63) is 58.5 Å². The van der Waals surface area contributed by atoms with Gasteiger partial charge in [0.1, 0.15) is 11.5 Å². The number of aromatic amines is 1. The van der Waals surface area contributed by atoms with Crippen LogP contribution in [-0.4, -0.2) is 72.1 Å². The highest BCUT2D eigenvalue weighted by molar-refractivity contribution is 6.05. The Balaban J connectivity index is 1.82. The maximum atomic E-state index is 13.3. The first kappa shape index (κ1) is 25.9. The highest BCUT2D eigenvalue weighted by Crippen LogP contribution is 2.44. The number of piperidine rings is 1. The third-order valence-corrected chi connectivity index (χ3v) is 7.13. The minimum absolute atomic E-state index is 0.149. The van der Waals surface area contributed by atoms with E-state index >= 15 is 0 Å². The highest BCUT2D eigenvalue weighted by Gasteiger charge is 2.33. The van der Waals surface area contributed by atoms with Crippen LogP contribution in [0.2, 0.25) is 0 Å². The van der Waals surface area contributed by atoms with Crippen molar-refractivity contribution in [1.29, 1.82) is 0 Å². The molecular weight excluding hydrogens is 465 g/mol. The van der Waals surface area contributed by atoms with Gasteiger partial charge in [0.2, 0.25) is 0 Å². The first-order chi connectivity index (χ1) is 17.1. The summed E-state index contributed by atoms with van der Waals surface area (Å²) in [5.74, 6) is 1.16. The van der Waals surface area contributed by atoms with Gasteiger partial charge in [-0.3, -0.25) is 15.0 Å². The van der Waals surface area contributed by atoms with Crippen molar-refractivity contribution in [3.63, 3.8) is 0 Å². The van der Waals surface area contributed by atoms with Crippen LogP contribution in [0.3, 0.4) is 0 Å². The lowest BCUT2D eigenvalue weighted by atomic mass is 9.99. The van der Waals surface area contributed by atoms with Crippen molar-refractivity contribution >= 4 is 30.4 Å². The Bertz CT molecular complexity index is 1260. The zero-order chi connectivity index (χ0) is 26.0. The van der Waals surface area contributed by atoms with E-state index in [0.717, 1.165) is 61.8 Å². The molecule has 1 aliphatic heterocycles. The lowest BCUT2D eigenvalue weighted by Crippen LogP contribution is -2.45. The average molecular weight is 499 g/mol. The molecule has 2 fully saturated rings. The van der Waals surface area contributed by atoms with E-state index in [9.17, 15) is 13.2 Å². The van der Waals surface area contributed by atoms with Gasteiger partial charge in [-0.2, -0.15) is 13.2 Å². The molecule has 192 valence electrons. The van der Waals surface area contributed by atoms with Crippen molar-refractivity contribution in [2.75, 3.05) is 33.7 Å². The van der Waals surface area contributed by atoms with E-state index < -0.39 is 11.9 Å². The number of aromatic nitrogens is 2. The number of nitrogens with zero attached hydrogens (tertiary/aromatic N) is 5. The van der Waals surface area contributed by atoms with Gasteiger partial charge >= 0.3 is 6.18 Å². The maximum Gasteiger partial charge on any atom is 0.431 e. The number of likely N-dealkylation sites (tertiary alicyclic amines) is 1. The molecular formula is C27H33F3N6. The number of nitrogens with one attached hydrogen (secondary N) is 1. The van der Waals surface area contributed by atoms with Crippen LogP contribution in [0.25, 0.3) is 12.2 Å². The molecule has 0 bridgehead atoms. The first-order valence-electron chi connectivity index (χ1n) is 12.2. The quantitative estimate of drug-likeness (QED) is 0.466. The molecule has 0 spiro atoms. The molecule has 3 heterocycles. The Labute approximate surface area is 209 Å². The van der Waals surface area contributed by atoms with E-state index in [0.29, 0.717) is 22.4 Å². The Morgan fingerprint density at radius 2 is 1.94 bits per heavy atom. The highest BCUT2D eigenvalue weighted by atomic mass is 19.4. The lowest BCUT2D eigenvalue weighted by molar-refractivity contribution is -0.140. The zero-order valence-corrected chi connectivity index (χ0v) is 20.9. The van der Waals surface area contributed by atoms with Crippen LogP contribution in [0.4, 0.5) is 18.9 Å². The van der Waals surface area contributed by atoms with Crippen LogP contribution in [0.5, 0.6) is 0 Å². The summed E-state index contributed by atoms with van der Waals surface area (Å²) in [4.78, 5) is 20.5. The summed E-state index contributed by atoms with van der Waals surface area (Å²) in [5.41, 5.74) is 2.40. The van der Waals surface area contributed by atoms with Crippen molar-refractivity contribution in [3.8, 4) is 0 Å². The largest absolute Gasteiger partial charge is 0.431 e. The van der Waals surface area contributed by atoms with Gasteiger partial charge in [0.15, 0.2) is 0 Å². The second-order valence-corrected chi connectivity index (χ2v) is 9.64. The summed E-state index contributed by atoms with van der Waals surface area (Å²) in [6, 6.07) is 1.35. The van der Waals surface area contributed by atoms with E-state index in [4.69, 9.17) is 4.99 Å². The molecule has 1 saturated carbocycles. The maximum absolute atomic E-state index is 13.3. The number of hydrogen-bond acceptors (Lipinski definition) is 4. The molecule has 0 unspecified atom stereocenters. The number of aliphatic imine (C=N–C) groups is 2. The van der Waals surface area contributed by atoms with Crippen LogP contribution in [0, 0.1) is 0 Å². The van der Waals surface area contributed by atoms with E-state index in [-0.39, 0.29) is 17.9 Å². The van der Waals surface area contributed by atoms with Crippen molar-refractivity contribution in [1.82, 2.24) is 19.8 Å². The van der Waals surface area contributed by atoms with Gasteiger partial charge in [-0.15, -0.1) is 0 Å². The van der Waals surface area contributed by atoms with E-state index in [2.05, 4.69) is 51.7 Å². The molecule has 36 heavy (non-hydrogen) atoms. The molecule has 2 aromatic rings. The number of hydrogen-bond donors (Lipinski definition) is 1. The summed E-state index contributed by atoms with van der Waals surface area (Å²) in [6.07, 6.45) is 4.78. The lowest BCUT2D eigenvalue weighted by Gasteiger charge is -2.37. The number of amidine groups is 1. The van der Waals surface area contributed by atoms with E-state index in [1.807, 2.05) is 13.2 Å². The number of H-pyrrole nitrogens is 1. The Morgan fingerprint density at radius 1 is 1.25 bits per heavy atom. The SMILES string of the molecule is C=C/C(CN=C(c1c(N=C)cncc1C1CC1)N(C)C1CCN(C)CC1)=c1/cc(C(F)(F)F)[nH]c1=C. The fraction of sp³-hybridized carbons (Fsp3) is 0.444. The second kappa shape index (κ2) is 10.4. The third kappa shape index (κ3) is 5.46. The van der Waals surface area contributed by atoms with Gasteiger partial charge < -0.3 is 14.8 Å². The van der Waals surface area contributed by atoms with Gasteiger partial charge in [0, 0.05) is 35.4 Å². The van der Waals surface area contributed by atoms with Crippen molar-refractivity contribution in [2.45, 2.75) is 43.8 Å². The summed E-state index contributed by atoms with van der Waals surface area (Å²) >= 11 is 0. The molecule has 0 amide bonds. The molecule has 1 saturated heterocycles. The number of pyridine rings is 1. The molecule has 4 rings (SSSR count). The smallest absolute Gasteiger partial charge is 0.356 e. The average Bonchev–Trinajstić information content (AvgIpc) is 3.62. The fourth-order valence-electron chi connectivity index (χ4n) is 4.81. The minimum Gasteiger partial charge on any atom is -0.356 e. The van der Waals surface area contributed by atoms with Crippen LogP contribution in [0.1, 0.15) is 48.4 Å². The molecule has 2 aromatic heterocycles. The Hall–Kier alpha value is -3.20. The minimum atomic E-state index is -4.49. The summed E-state index contributed by atoms with van der Waals surface area (Å²) in [7, 11) is 4.16. The number of alkyl halides is 3. The topological polar surface area (TPSA) is 59.9 Å². The standard InChI is InChI=1S/C27H33F3N6/c1-6-18(21-13-24(27(28,29)30)34-17(21)2)14-33-26(36(5)20-9-11-35(4)12-10-20)25-22(19-7-8-19)15-32-16-23(25)31-3/h6,13,15-16,19-20,34H,1-3,7-12,14H2,4-5H3/b21-18+,33-26?. The van der Waals surface area contributed by atoms with E-state index in [1.54, 1.807) is 12.3 Å². The van der Waals surface area contributed by atoms with Crippen LogP contribution in [0.15, 0.2) is 41.1 Å². The van der Waals surface area contributed by atoms with Crippen LogP contribution in [-0.2, 0) is 6.18 Å². The molecule has 0 aromatic carbocycles. The van der Waals surface area contributed by atoms with Gasteiger partial charge in [-0.1, -0.05) is 19.2 Å². The Morgan fingerprint density at radius 3 is 2.50 bits per heavy atom. The normalized spacial score (nSPS) is 18.8. The van der Waals surface area contributed by atoms with Gasteiger partial charge in [0.25, 0.3) is 0 Å². The van der Waals surface area contributed by atoms with Gasteiger partial charge in [-0.25, -0.2) is 0 Å². The predicted octanol–water partition coefficient (Wildman–Crippen LogP) is 3.86. The molecule has 9 heteroatoms. The molecule has 0 radical (unpaired) electrons. The summed E-state index contributed by atoms with van der Waals surface area (Å²) in [5, 5.41) is 0.551. The molecule has 2 aliphatic rings. The third-order valence-electron chi connectivity index (χ3n) is 7.13.